The number of methoxy groups -OCH3 is 1. The van der Waals surface area contributed by atoms with Crippen LogP contribution in [0.3, 0.4) is 0 Å². The Hall–Kier alpha value is -1.07. The van der Waals surface area contributed by atoms with Crippen molar-refractivity contribution in [1.29, 1.82) is 0 Å². The molecule has 1 aliphatic carbocycles. The molecule has 0 bridgehead atoms. The first-order valence-corrected chi connectivity index (χ1v) is 6.94. The highest BCUT2D eigenvalue weighted by molar-refractivity contribution is 7.16. The molecule has 100 valence electrons. The maximum absolute atomic E-state index is 11.9. The number of fused-ring (bicyclic) bond motifs is 1. The summed E-state index contributed by atoms with van der Waals surface area (Å²) in [6.45, 7) is 4.27. The zero-order chi connectivity index (χ0) is 13.3. The molecule has 0 radical (unpaired) electrons. The van der Waals surface area contributed by atoms with E-state index in [1.165, 1.54) is 11.3 Å². The highest BCUT2D eigenvalue weighted by Crippen LogP contribution is 2.40. The molecule has 0 aromatic carbocycles. The summed E-state index contributed by atoms with van der Waals surface area (Å²) >= 11 is 1.49. The summed E-state index contributed by atoms with van der Waals surface area (Å²) in [4.78, 5) is 13.1. The van der Waals surface area contributed by atoms with Crippen LogP contribution >= 0.6 is 11.3 Å². The van der Waals surface area contributed by atoms with Gasteiger partial charge in [0.1, 0.15) is 5.00 Å². The van der Waals surface area contributed by atoms with Gasteiger partial charge in [-0.15, -0.1) is 11.3 Å². The van der Waals surface area contributed by atoms with Gasteiger partial charge in [0.2, 0.25) is 0 Å². The summed E-state index contributed by atoms with van der Waals surface area (Å²) < 4.78 is 10.6. The van der Waals surface area contributed by atoms with Gasteiger partial charge in [-0.25, -0.2) is 4.79 Å². The van der Waals surface area contributed by atoms with E-state index in [4.69, 9.17) is 15.2 Å². The van der Waals surface area contributed by atoms with Crippen LogP contribution in [0.25, 0.3) is 0 Å². The average molecular weight is 269 g/mol. The summed E-state index contributed by atoms with van der Waals surface area (Å²) in [5.41, 5.74) is 7.46. The summed E-state index contributed by atoms with van der Waals surface area (Å²) in [6.07, 6.45) is 2.54. The van der Waals surface area contributed by atoms with Gasteiger partial charge in [-0.05, 0) is 32.3 Å². The zero-order valence-corrected chi connectivity index (χ0v) is 11.9. The fraction of sp³-hybridized carbons (Fsp3) is 0.615. The molecular weight excluding hydrogens is 250 g/mol. The van der Waals surface area contributed by atoms with Crippen molar-refractivity contribution in [2.24, 2.45) is 0 Å². The number of rotatable bonds is 3. The first-order chi connectivity index (χ1) is 8.50. The van der Waals surface area contributed by atoms with Gasteiger partial charge in [0.15, 0.2) is 0 Å². The Morgan fingerprint density at radius 3 is 2.89 bits per heavy atom. The Morgan fingerprint density at radius 2 is 2.28 bits per heavy atom. The van der Waals surface area contributed by atoms with Gasteiger partial charge in [-0.3, -0.25) is 0 Å². The van der Waals surface area contributed by atoms with Gasteiger partial charge in [0, 0.05) is 18.4 Å². The summed E-state index contributed by atoms with van der Waals surface area (Å²) in [6, 6.07) is 0. The molecular formula is C13H19NO3S. The van der Waals surface area contributed by atoms with E-state index in [9.17, 15) is 4.79 Å². The minimum absolute atomic E-state index is 0.143. The summed E-state index contributed by atoms with van der Waals surface area (Å²) in [7, 11) is 1.73. The molecule has 2 N–H and O–H groups in total. The number of anilines is 1. The van der Waals surface area contributed by atoms with Crippen LogP contribution in [0, 0.1) is 0 Å². The topological polar surface area (TPSA) is 61.5 Å². The first-order valence-electron chi connectivity index (χ1n) is 6.13. The molecule has 0 aliphatic heterocycles. The van der Waals surface area contributed by atoms with Gasteiger partial charge < -0.3 is 15.2 Å². The van der Waals surface area contributed by atoms with Crippen molar-refractivity contribution in [1.82, 2.24) is 0 Å². The van der Waals surface area contributed by atoms with Crippen LogP contribution in [-0.2, 0) is 22.3 Å². The Balaban J connectivity index is 2.34. The van der Waals surface area contributed by atoms with E-state index in [1.54, 1.807) is 14.0 Å². The molecule has 2 rings (SSSR count). The second-order valence-electron chi connectivity index (χ2n) is 4.79. The summed E-state index contributed by atoms with van der Waals surface area (Å²) in [5, 5.41) is 0.568. The van der Waals surface area contributed by atoms with Crippen molar-refractivity contribution < 1.29 is 14.3 Å². The molecule has 1 aliphatic rings. The van der Waals surface area contributed by atoms with E-state index in [-0.39, 0.29) is 11.6 Å². The van der Waals surface area contributed by atoms with Crippen LogP contribution in [0.1, 0.15) is 41.1 Å². The fourth-order valence-corrected chi connectivity index (χ4v) is 3.64. The molecule has 1 heterocycles. The van der Waals surface area contributed by atoms with Crippen molar-refractivity contribution >= 4 is 22.3 Å². The van der Waals surface area contributed by atoms with Crippen LogP contribution in [0.15, 0.2) is 0 Å². The smallest absolute Gasteiger partial charge is 0.341 e. The van der Waals surface area contributed by atoms with E-state index in [0.717, 1.165) is 29.7 Å². The van der Waals surface area contributed by atoms with Crippen molar-refractivity contribution in [3.8, 4) is 0 Å². The Bertz CT molecular complexity index is 469. The third kappa shape index (κ3) is 2.24. The molecule has 1 aromatic heterocycles. The van der Waals surface area contributed by atoms with Crippen molar-refractivity contribution in [3.05, 3.63) is 16.0 Å². The minimum atomic E-state index is -0.298. The van der Waals surface area contributed by atoms with Gasteiger partial charge in [0.05, 0.1) is 17.8 Å². The molecule has 1 aromatic rings. The third-order valence-electron chi connectivity index (χ3n) is 3.53. The number of carbonyl (C=O) groups excluding carboxylic acids is 1. The lowest BCUT2D eigenvalue weighted by Gasteiger charge is -2.32. The minimum Gasteiger partial charge on any atom is -0.462 e. The third-order valence-corrected chi connectivity index (χ3v) is 4.59. The molecule has 4 nitrogen and oxygen atoms in total. The van der Waals surface area contributed by atoms with E-state index >= 15 is 0 Å². The van der Waals surface area contributed by atoms with Crippen LogP contribution in [-0.4, -0.2) is 25.3 Å². The van der Waals surface area contributed by atoms with Crippen LogP contribution in [0.5, 0.6) is 0 Å². The van der Waals surface area contributed by atoms with Crippen molar-refractivity contribution in [2.45, 2.75) is 38.7 Å². The fourth-order valence-electron chi connectivity index (χ4n) is 2.36. The maximum atomic E-state index is 11.9. The normalized spacial score (nSPS) is 22.6. The SMILES string of the molecule is CCOC(=O)c1c(N)sc2c1CCC(C)(OC)C2. The van der Waals surface area contributed by atoms with Crippen molar-refractivity contribution in [2.75, 3.05) is 19.5 Å². The monoisotopic (exact) mass is 269 g/mol. The standard InChI is InChI=1S/C13H19NO3S/c1-4-17-12(15)10-8-5-6-13(2,16-3)7-9(8)18-11(10)14/h4-7,14H2,1-3H3. The number of carbonyl (C=O) groups is 1. The van der Waals surface area contributed by atoms with E-state index in [1.807, 2.05) is 0 Å². The van der Waals surface area contributed by atoms with Crippen LogP contribution < -0.4 is 5.73 Å². The Labute approximate surface area is 111 Å². The van der Waals surface area contributed by atoms with Gasteiger partial charge in [-0.2, -0.15) is 0 Å². The average Bonchev–Trinajstić information content (AvgIpc) is 2.64. The molecule has 18 heavy (non-hydrogen) atoms. The van der Waals surface area contributed by atoms with Gasteiger partial charge in [-0.1, -0.05) is 0 Å². The predicted octanol–water partition coefficient (Wildman–Crippen LogP) is 2.40. The molecule has 0 saturated heterocycles. The van der Waals surface area contributed by atoms with Crippen LogP contribution in [0.2, 0.25) is 0 Å². The predicted molar refractivity (Wildman–Crippen MR) is 72.1 cm³/mol. The second-order valence-corrected chi connectivity index (χ2v) is 5.93. The second kappa shape index (κ2) is 4.90. The molecule has 0 amide bonds. The highest BCUT2D eigenvalue weighted by Gasteiger charge is 2.34. The largest absolute Gasteiger partial charge is 0.462 e. The van der Waals surface area contributed by atoms with E-state index < -0.39 is 0 Å². The van der Waals surface area contributed by atoms with Gasteiger partial charge in [0.25, 0.3) is 0 Å². The van der Waals surface area contributed by atoms with Crippen molar-refractivity contribution in [3.63, 3.8) is 0 Å². The molecule has 5 heteroatoms. The van der Waals surface area contributed by atoms with Crippen LogP contribution in [0.4, 0.5) is 5.00 Å². The molecule has 1 atom stereocenters. The lowest BCUT2D eigenvalue weighted by Crippen LogP contribution is -2.34. The Kier molecular flexibility index (Phi) is 3.64. The maximum Gasteiger partial charge on any atom is 0.341 e. The lowest BCUT2D eigenvalue weighted by atomic mass is 9.84. The molecule has 1 unspecified atom stereocenters. The number of nitrogens with two attached hydrogens (primary N) is 1. The molecule has 0 spiro atoms. The van der Waals surface area contributed by atoms with E-state index in [2.05, 4.69) is 6.92 Å². The number of hydrogen-bond acceptors (Lipinski definition) is 5. The van der Waals surface area contributed by atoms with Gasteiger partial charge >= 0.3 is 5.97 Å². The number of esters is 1. The number of ether oxygens (including phenoxy) is 2. The zero-order valence-electron chi connectivity index (χ0n) is 11.0. The number of nitrogen functional groups attached to an aromatic ring is 1. The highest BCUT2D eigenvalue weighted by atomic mass is 32.1. The molecule has 0 saturated carbocycles. The number of thiophene rings is 1. The summed E-state index contributed by atoms with van der Waals surface area (Å²) in [5.74, 6) is -0.298. The molecule has 0 fully saturated rings. The quantitative estimate of drug-likeness (QED) is 0.856. The van der Waals surface area contributed by atoms with E-state index in [0.29, 0.717) is 17.2 Å². The Morgan fingerprint density at radius 1 is 1.56 bits per heavy atom. The lowest BCUT2D eigenvalue weighted by molar-refractivity contribution is -0.00429. The number of hydrogen-bond donors (Lipinski definition) is 1. The first kappa shape index (κ1) is 13.4.